The van der Waals surface area contributed by atoms with Gasteiger partial charge in [-0.05, 0) is 32.4 Å². The molecule has 0 aliphatic carbocycles. The van der Waals surface area contributed by atoms with Gasteiger partial charge in [0.05, 0.1) is 21.5 Å². The lowest BCUT2D eigenvalue weighted by atomic mass is 10.1. The first kappa shape index (κ1) is 16.5. The van der Waals surface area contributed by atoms with Gasteiger partial charge >= 0.3 is 5.69 Å². The van der Waals surface area contributed by atoms with Crippen LogP contribution in [-0.4, -0.2) is 31.1 Å². The van der Waals surface area contributed by atoms with E-state index in [0.29, 0.717) is 0 Å². The molecule has 0 saturated heterocycles. The number of nitro groups is 1. The zero-order valence-corrected chi connectivity index (χ0v) is 12.0. The summed E-state index contributed by atoms with van der Waals surface area (Å²) in [5.74, 6) is -1.08. The molecule has 0 bridgehead atoms. The molecule has 2 N–H and O–H groups in total. The number of aliphatic hydroxyl groups excluding tert-OH is 1. The lowest BCUT2D eigenvalue weighted by molar-refractivity contribution is -0.388. The van der Waals surface area contributed by atoms with Gasteiger partial charge in [-0.2, -0.15) is 4.39 Å². The van der Waals surface area contributed by atoms with Crippen molar-refractivity contribution >= 4 is 15.7 Å². The van der Waals surface area contributed by atoms with E-state index in [9.17, 15) is 22.9 Å². The van der Waals surface area contributed by atoms with Crippen molar-refractivity contribution in [1.82, 2.24) is 4.72 Å². The second-order valence-corrected chi connectivity index (χ2v) is 6.14. The molecule has 20 heavy (non-hydrogen) atoms. The second-order valence-electron chi connectivity index (χ2n) is 4.44. The van der Waals surface area contributed by atoms with Crippen LogP contribution < -0.4 is 4.72 Å². The summed E-state index contributed by atoms with van der Waals surface area (Å²) in [5.41, 5.74) is -1.08. The fourth-order valence-electron chi connectivity index (χ4n) is 1.85. The number of nitrogens with one attached hydrogen (secondary N) is 1. The number of nitro benzene ring substituents is 1. The van der Waals surface area contributed by atoms with Crippen LogP contribution in [0.2, 0.25) is 0 Å². The maximum absolute atomic E-state index is 13.5. The standard InChI is InChI=1S/C11H15FN2O5S/c1-6-4-9(12)10(14(16)17)8(3)11(6)20(18,19)13-5-7(2)15/h4,7,13,15H,5H2,1-3H3/t7-/m0/s1. The highest BCUT2D eigenvalue weighted by molar-refractivity contribution is 7.89. The largest absolute Gasteiger partial charge is 0.392 e. The number of halogens is 1. The van der Waals surface area contributed by atoms with Crippen LogP contribution in [0, 0.1) is 29.8 Å². The minimum absolute atomic E-state index is 0.0590. The van der Waals surface area contributed by atoms with Gasteiger partial charge in [-0.3, -0.25) is 10.1 Å². The van der Waals surface area contributed by atoms with Gasteiger partial charge in [-0.1, -0.05) is 0 Å². The van der Waals surface area contributed by atoms with E-state index in [1.165, 1.54) is 20.8 Å². The lowest BCUT2D eigenvalue weighted by Crippen LogP contribution is -2.31. The van der Waals surface area contributed by atoms with Gasteiger partial charge in [0.2, 0.25) is 15.8 Å². The first-order valence-electron chi connectivity index (χ1n) is 5.69. The van der Waals surface area contributed by atoms with Crippen LogP contribution in [0.3, 0.4) is 0 Å². The smallest absolute Gasteiger partial charge is 0.309 e. The second kappa shape index (κ2) is 5.81. The number of sulfonamides is 1. The van der Waals surface area contributed by atoms with Crippen LogP contribution in [-0.2, 0) is 10.0 Å². The van der Waals surface area contributed by atoms with Crippen molar-refractivity contribution < 1.29 is 22.8 Å². The average Bonchev–Trinajstić information content (AvgIpc) is 2.24. The van der Waals surface area contributed by atoms with Gasteiger partial charge in [0.15, 0.2) is 0 Å². The molecule has 9 heteroatoms. The average molecular weight is 306 g/mol. The van der Waals surface area contributed by atoms with Gasteiger partial charge < -0.3 is 5.11 Å². The Hall–Kier alpha value is -1.58. The molecule has 0 radical (unpaired) electrons. The van der Waals surface area contributed by atoms with E-state index in [4.69, 9.17) is 5.11 Å². The Kier molecular flexibility index (Phi) is 4.79. The molecule has 1 aromatic rings. The summed E-state index contributed by atoms with van der Waals surface area (Å²) in [5, 5.41) is 19.9. The van der Waals surface area contributed by atoms with Crippen molar-refractivity contribution in [2.24, 2.45) is 0 Å². The van der Waals surface area contributed by atoms with E-state index in [0.717, 1.165) is 6.07 Å². The maximum atomic E-state index is 13.5. The molecule has 0 unspecified atom stereocenters. The molecule has 7 nitrogen and oxygen atoms in total. The Morgan fingerprint density at radius 3 is 2.50 bits per heavy atom. The van der Waals surface area contributed by atoms with Crippen molar-refractivity contribution in [3.8, 4) is 0 Å². The Balaban J connectivity index is 3.46. The van der Waals surface area contributed by atoms with Crippen molar-refractivity contribution in [3.63, 3.8) is 0 Å². The molecule has 0 spiro atoms. The number of rotatable bonds is 5. The third-order valence-corrected chi connectivity index (χ3v) is 4.36. The molecular weight excluding hydrogens is 291 g/mol. The predicted octanol–water partition coefficient (Wildman–Crippen LogP) is 1.01. The molecule has 0 heterocycles. The Morgan fingerprint density at radius 2 is 2.05 bits per heavy atom. The summed E-state index contributed by atoms with van der Waals surface area (Å²) < 4.78 is 39.9. The van der Waals surface area contributed by atoms with Crippen molar-refractivity contribution in [1.29, 1.82) is 0 Å². The van der Waals surface area contributed by atoms with Gasteiger partial charge in [0, 0.05) is 6.54 Å². The number of nitrogens with zero attached hydrogens (tertiary/aromatic N) is 1. The highest BCUT2D eigenvalue weighted by Gasteiger charge is 2.29. The third-order valence-electron chi connectivity index (χ3n) is 2.64. The van der Waals surface area contributed by atoms with Crippen molar-refractivity contribution in [2.45, 2.75) is 31.8 Å². The molecule has 0 amide bonds. The van der Waals surface area contributed by atoms with E-state index in [-0.39, 0.29) is 22.6 Å². The molecule has 1 rings (SSSR count). The number of hydrogen-bond acceptors (Lipinski definition) is 5. The Morgan fingerprint density at radius 1 is 1.50 bits per heavy atom. The zero-order valence-electron chi connectivity index (χ0n) is 11.2. The Labute approximate surface area is 115 Å². The van der Waals surface area contributed by atoms with Crippen LogP contribution in [0.1, 0.15) is 18.1 Å². The first-order valence-corrected chi connectivity index (χ1v) is 7.18. The van der Waals surface area contributed by atoms with E-state index in [1.807, 2.05) is 0 Å². The molecule has 0 aliphatic rings. The van der Waals surface area contributed by atoms with Gasteiger partial charge in [0.1, 0.15) is 0 Å². The monoisotopic (exact) mass is 306 g/mol. The summed E-state index contributed by atoms with van der Waals surface area (Å²) >= 11 is 0. The van der Waals surface area contributed by atoms with Crippen LogP contribution >= 0.6 is 0 Å². The topological polar surface area (TPSA) is 110 Å². The van der Waals surface area contributed by atoms with Crippen LogP contribution in [0.5, 0.6) is 0 Å². The fourth-order valence-corrected chi connectivity index (χ4v) is 3.43. The molecule has 0 aromatic heterocycles. The van der Waals surface area contributed by atoms with Crippen LogP contribution in [0.25, 0.3) is 0 Å². The van der Waals surface area contributed by atoms with Gasteiger partial charge in [-0.15, -0.1) is 0 Å². The van der Waals surface area contributed by atoms with E-state index in [2.05, 4.69) is 4.72 Å². The van der Waals surface area contributed by atoms with E-state index in [1.54, 1.807) is 0 Å². The summed E-state index contributed by atoms with van der Waals surface area (Å²) in [6.07, 6.45) is -0.916. The lowest BCUT2D eigenvalue weighted by Gasteiger charge is -2.13. The number of hydrogen-bond donors (Lipinski definition) is 2. The third kappa shape index (κ3) is 3.30. The minimum atomic E-state index is -4.07. The first-order chi connectivity index (χ1) is 9.08. The van der Waals surface area contributed by atoms with E-state index >= 15 is 0 Å². The normalized spacial score (nSPS) is 13.2. The number of benzene rings is 1. The predicted molar refractivity (Wildman–Crippen MR) is 69.4 cm³/mol. The van der Waals surface area contributed by atoms with Crippen LogP contribution in [0.4, 0.5) is 10.1 Å². The zero-order chi connectivity index (χ0) is 15.7. The highest BCUT2D eigenvalue weighted by atomic mass is 32.2. The summed E-state index contributed by atoms with van der Waals surface area (Å²) in [7, 11) is -4.07. The van der Waals surface area contributed by atoms with E-state index < -0.39 is 32.6 Å². The maximum Gasteiger partial charge on any atom is 0.309 e. The van der Waals surface area contributed by atoms with Gasteiger partial charge in [-0.25, -0.2) is 13.1 Å². The van der Waals surface area contributed by atoms with Crippen molar-refractivity contribution in [3.05, 3.63) is 33.1 Å². The molecule has 1 aromatic carbocycles. The van der Waals surface area contributed by atoms with Crippen LogP contribution in [0.15, 0.2) is 11.0 Å². The Bertz CT molecular complexity index is 643. The molecule has 0 saturated carbocycles. The summed E-state index contributed by atoms with van der Waals surface area (Å²) in [6.45, 7) is 3.66. The number of aliphatic hydroxyl groups is 1. The quantitative estimate of drug-likeness (QED) is 0.623. The molecular formula is C11H15FN2O5S. The summed E-state index contributed by atoms with van der Waals surface area (Å²) in [4.78, 5) is 9.51. The fraction of sp³-hybridized carbons (Fsp3) is 0.455. The number of aryl methyl sites for hydroxylation is 1. The molecule has 0 fully saturated rings. The van der Waals surface area contributed by atoms with Gasteiger partial charge in [0.25, 0.3) is 0 Å². The van der Waals surface area contributed by atoms with Crippen molar-refractivity contribution in [2.75, 3.05) is 6.54 Å². The molecule has 0 aliphatic heterocycles. The highest BCUT2D eigenvalue weighted by Crippen LogP contribution is 2.30. The molecule has 112 valence electrons. The summed E-state index contributed by atoms with van der Waals surface area (Å²) in [6, 6.07) is 0.808. The SMILES string of the molecule is Cc1cc(F)c([N+](=O)[O-])c(C)c1S(=O)(=O)NC[C@H](C)O. The minimum Gasteiger partial charge on any atom is -0.392 e. The molecule has 1 atom stereocenters.